The molecule has 1 saturated carbocycles. The molecule has 1 heterocycles. The minimum absolute atomic E-state index is 0.0707. The average molecular weight is 352 g/mol. The number of allylic oxidation sites excluding steroid dienone is 1. The molecule has 3 rings (SSSR count). The van der Waals surface area contributed by atoms with E-state index in [1.165, 1.54) is 18.6 Å². The summed E-state index contributed by atoms with van der Waals surface area (Å²) in [6, 6.07) is 10.5. The van der Waals surface area contributed by atoms with Gasteiger partial charge < -0.3 is 10.2 Å². The van der Waals surface area contributed by atoms with Gasteiger partial charge in [0.05, 0.1) is 0 Å². The molecule has 0 atom stereocenters. The van der Waals surface area contributed by atoms with Crippen LogP contribution >= 0.6 is 0 Å². The molecule has 5 heteroatoms. The van der Waals surface area contributed by atoms with Gasteiger partial charge in [-0.05, 0) is 55.2 Å². The summed E-state index contributed by atoms with van der Waals surface area (Å²) in [5.41, 5.74) is 0.825. The Morgan fingerprint density at radius 1 is 1.12 bits per heavy atom. The number of pyridine rings is 1. The minimum Gasteiger partial charge on any atom is -0.504 e. The largest absolute Gasteiger partial charge is 0.504 e. The van der Waals surface area contributed by atoms with E-state index < -0.39 is 0 Å². The van der Waals surface area contributed by atoms with E-state index in [1.54, 1.807) is 24.4 Å². The second-order valence-corrected chi connectivity index (χ2v) is 6.62. The van der Waals surface area contributed by atoms with Crippen molar-refractivity contribution in [1.29, 1.82) is 0 Å². The lowest BCUT2D eigenvalue weighted by atomic mass is 9.94. The van der Waals surface area contributed by atoms with Crippen LogP contribution in [0.3, 0.4) is 0 Å². The zero-order valence-electron chi connectivity index (χ0n) is 14.7. The summed E-state index contributed by atoms with van der Waals surface area (Å²) in [5.74, 6) is 0.321. The summed E-state index contributed by atoms with van der Waals surface area (Å²) in [6.45, 7) is 0. The smallest absolute Gasteiger partial charge is 0.252 e. The summed E-state index contributed by atoms with van der Waals surface area (Å²) in [6.07, 6.45) is 11.1. The van der Waals surface area contributed by atoms with Gasteiger partial charge in [-0.3, -0.25) is 9.69 Å². The van der Waals surface area contributed by atoms with Crippen molar-refractivity contribution >= 4 is 11.7 Å². The number of amides is 1. The highest BCUT2D eigenvalue weighted by Crippen LogP contribution is 2.27. The van der Waals surface area contributed by atoms with Gasteiger partial charge in [0, 0.05) is 12.2 Å². The van der Waals surface area contributed by atoms with Crippen molar-refractivity contribution in [3.63, 3.8) is 0 Å². The van der Waals surface area contributed by atoms with Crippen LogP contribution in [0, 0.1) is 0 Å². The Hall–Kier alpha value is -2.82. The van der Waals surface area contributed by atoms with E-state index in [-0.39, 0.29) is 23.4 Å². The first-order chi connectivity index (χ1) is 12.6. The molecular formula is C21H24N2O3. The Kier molecular flexibility index (Phi) is 5.89. The summed E-state index contributed by atoms with van der Waals surface area (Å²) >= 11 is 0. The number of aromatic hydroxyl groups is 2. The van der Waals surface area contributed by atoms with Gasteiger partial charge in [-0.1, -0.05) is 37.5 Å². The van der Waals surface area contributed by atoms with Crippen LogP contribution in [0.2, 0.25) is 0 Å². The number of benzene rings is 1. The van der Waals surface area contributed by atoms with Gasteiger partial charge >= 0.3 is 0 Å². The van der Waals surface area contributed by atoms with Crippen molar-refractivity contribution in [2.45, 2.75) is 44.6 Å². The predicted octanol–water partition coefficient (Wildman–Crippen LogP) is 3.96. The van der Waals surface area contributed by atoms with Crippen molar-refractivity contribution in [3.8, 4) is 11.5 Å². The van der Waals surface area contributed by atoms with Gasteiger partial charge in [0.15, 0.2) is 11.5 Å². The van der Waals surface area contributed by atoms with Crippen LogP contribution in [0.25, 0.3) is 0 Å². The van der Waals surface area contributed by atoms with Crippen LogP contribution in [0.5, 0.6) is 11.5 Å². The van der Waals surface area contributed by atoms with Gasteiger partial charge in [0.1, 0.15) is 5.82 Å². The number of phenols is 2. The monoisotopic (exact) mass is 352 g/mol. The second kappa shape index (κ2) is 8.52. The summed E-state index contributed by atoms with van der Waals surface area (Å²) in [4.78, 5) is 19.0. The standard InChI is InChI=1S/C21H24N2O3/c24-18-13-12-16(15-19(18)25)7-6-11-21(26)23(17-8-2-1-3-9-17)20-10-4-5-14-22-20/h4-6,10-15,17,24-25H,1-3,7-9H2/b11-6+. The van der Waals surface area contributed by atoms with Gasteiger partial charge in [-0.2, -0.15) is 0 Å². The number of anilines is 1. The molecular weight excluding hydrogens is 328 g/mol. The van der Waals surface area contributed by atoms with Crippen LogP contribution in [-0.4, -0.2) is 27.1 Å². The van der Waals surface area contributed by atoms with Gasteiger partial charge in [0.2, 0.25) is 0 Å². The maximum atomic E-state index is 12.9. The first-order valence-electron chi connectivity index (χ1n) is 9.07. The first-order valence-corrected chi connectivity index (χ1v) is 9.07. The van der Waals surface area contributed by atoms with E-state index in [0.29, 0.717) is 12.2 Å². The van der Waals surface area contributed by atoms with E-state index >= 15 is 0 Å². The van der Waals surface area contributed by atoms with E-state index in [2.05, 4.69) is 4.98 Å². The molecule has 0 bridgehead atoms. The van der Waals surface area contributed by atoms with E-state index in [9.17, 15) is 15.0 Å². The third-order valence-corrected chi connectivity index (χ3v) is 4.73. The number of hydrogen-bond donors (Lipinski definition) is 2. The molecule has 2 aromatic rings. The molecule has 1 fully saturated rings. The van der Waals surface area contributed by atoms with Crippen LogP contribution in [0.15, 0.2) is 54.7 Å². The van der Waals surface area contributed by atoms with E-state index in [4.69, 9.17) is 0 Å². The fourth-order valence-electron chi connectivity index (χ4n) is 3.39. The normalized spacial score (nSPS) is 15.2. The average Bonchev–Trinajstić information content (AvgIpc) is 2.67. The predicted molar refractivity (Wildman–Crippen MR) is 101 cm³/mol. The van der Waals surface area contributed by atoms with Crippen molar-refractivity contribution in [3.05, 3.63) is 60.3 Å². The molecule has 1 aromatic carbocycles. The second-order valence-electron chi connectivity index (χ2n) is 6.62. The minimum atomic E-state index is -0.153. The van der Waals surface area contributed by atoms with Crippen LogP contribution in [-0.2, 0) is 11.2 Å². The zero-order valence-corrected chi connectivity index (χ0v) is 14.7. The number of rotatable bonds is 5. The Morgan fingerprint density at radius 3 is 2.62 bits per heavy atom. The van der Waals surface area contributed by atoms with E-state index in [0.717, 1.165) is 31.2 Å². The molecule has 1 aromatic heterocycles. The third kappa shape index (κ3) is 4.42. The molecule has 5 nitrogen and oxygen atoms in total. The fraction of sp³-hybridized carbons (Fsp3) is 0.333. The maximum absolute atomic E-state index is 12.9. The van der Waals surface area contributed by atoms with Gasteiger partial charge in [-0.25, -0.2) is 4.98 Å². The van der Waals surface area contributed by atoms with Crippen LogP contribution in [0.1, 0.15) is 37.7 Å². The molecule has 0 radical (unpaired) electrons. The molecule has 0 aliphatic heterocycles. The molecule has 1 aliphatic rings. The number of nitrogens with zero attached hydrogens (tertiary/aromatic N) is 2. The Morgan fingerprint density at radius 2 is 1.92 bits per heavy atom. The molecule has 1 amide bonds. The third-order valence-electron chi connectivity index (χ3n) is 4.73. The van der Waals surface area contributed by atoms with Gasteiger partial charge in [-0.15, -0.1) is 0 Å². The SMILES string of the molecule is O=C(/C=C/Cc1ccc(O)c(O)c1)N(c1ccccn1)C1CCCCC1. The highest BCUT2D eigenvalue weighted by molar-refractivity contribution is 6.01. The summed E-state index contributed by atoms with van der Waals surface area (Å²) in [5, 5.41) is 18.9. The highest BCUT2D eigenvalue weighted by atomic mass is 16.3. The quantitative estimate of drug-likeness (QED) is 0.631. The maximum Gasteiger partial charge on any atom is 0.252 e. The van der Waals surface area contributed by atoms with Crippen molar-refractivity contribution in [2.75, 3.05) is 4.90 Å². The fourth-order valence-corrected chi connectivity index (χ4v) is 3.39. The van der Waals surface area contributed by atoms with Crippen molar-refractivity contribution in [1.82, 2.24) is 4.98 Å². The molecule has 0 spiro atoms. The lowest BCUT2D eigenvalue weighted by molar-refractivity contribution is -0.114. The van der Waals surface area contributed by atoms with Crippen molar-refractivity contribution in [2.24, 2.45) is 0 Å². The molecule has 0 saturated heterocycles. The lowest BCUT2D eigenvalue weighted by Crippen LogP contribution is -2.41. The number of phenolic OH excluding ortho intramolecular Hbond substituents is 2. The zero-order chi connectivity index (χ0) is 18.4. The number of aromatic nitrogens is 1. The first kappa shape index (κ1) is 18.0. The van der Waals surface area contributed by atoms with Crippen LogP contribution in [0.4, 0.5) is 5.82 Å². The molecule has 136 valence electrons. The van der Waals surface area contributed by atoms with Crippen molar-refractivity contribution < 1.29 is 15.0 Å². The summed E-state index contributed by atoms with van der Waals surface area (Å²) in [7, 11) is 0. The lowest BCUT2D eigenvalue weighted by Gasteiger charge is -2.32. The Balaban J connectivity index is 1.73. The number of carbonyl (C=O) groups is 1. The Bertz CT molecular complexity index is 768. The molecule has 2 N–H and O–H groups in total. The number of carbonyl (C=O) groups excluding carboxylic acids is 1. The topological polar surface area (TPSA) is 73.7 Å². The molecule has 26 heavy (non-hydrogen) atoms. The number of hydrogen-bond acceptors (Lipinski definition) is 4. The highest BCUT2D eigenvalue weighted by Gasteiger charge is 2.26. The molecule has 0 unspecified atom stereocenters. The van der Waals surface area contributed by atoms with Gasteiger partial charge in [0.25, 0.3) is 5.91 Å². The molecule has 1 aliphatic carbocycles. The van der Waals surface area contributed by atoms with E-state index in [1.807, 2.05) is 23.1 Å². The Labute approximate surface area is 153 Å². The summed E-state index contributed by atoms with van der Waals surface area (Å²) < 4.78 is 0. The van der Waals surface area contributed by atoms with Crippen LogP contribution < -0.4 is 4.90 Å².